The molecule has 0 saturated carbocycles. The van der Waals surface area contributed by atoms with E-state index in [1.165, 1.54) is 65.0 Å². The fraction of sp³-hybridized carbons (Fsp3) is 1.00. The second-order valence-electron chi connectivity index (χ2n) is 4.77. The number of hydrogen-bond acceptors (Lipinski definition) is 2. The van der Waals surface area contributed by atoms with Crippen LogP contribution in [0.25, 0.3) is 0 Å². The van der Waals surface area contributed by atoms with Crippen molar-refractivity contribution in [3.63, 3.8) is 0 Å². The van der Waals surface area contributed by atoms with Crippen LogP contribution in [0, 0.1) is 0 Å². The van der Waals surface area contributed by atoms with Crippen LogP contribution in [0.2, 0.25) is 0 Å². The van der Waals surface area contributed by atoms with E-state index < -0.39 is 0 Å². The summed E-state index contributed by atoms with van der Waals surface area (Å²) in [6, 6.07) is 0. The maximum atomic E-state index is 4.45. The fourth-order valence-electron chi connectivity index (χ4n) is 2.59. The third-order valence-corrected chi connectivity index (χ3v) is 3.51. The lowest BCUT2D eigenvalue weighted by molar-refractivity contribution is 0.256. The molecule has 2 aliphatic rings. The molecule has 87 valence electrons. The molecule has 3 nitrogen and oxygen atoms in total. The highest BCUT2D eigenvalue weighted by Gasteiger charge is 2.12. The van der Waals surface area contributed by atoms with E-state index in [0.29, 0.717) is 0 Å². The number of rotatable bonds is 4. The Bertz CT molecular complexity index is 158. The molecule has 0 aliphatic carbocycles. The zero-order chi connectivity index (χ0) is 10.3. The van der Waals surface area contributed by atoms with Gasteiger partial charge in [0, 0.05) is 19.6 Å². The van der Waals surface area contributed by atoms with E-state index in [2.05, 4.69) is 15.1 Å². The smallest absolute Gasteiger partial charge is 0.0261 e. The van der Waals surface area contributed by atoms with Crippen molar-refractivity contribution < 1.29 is 0 Å². The van der Waals surface area contributed by atoms with Gasteiger partial charge in [-0.15, -0.1) is 0 Å². The topological polar surface area (TPSA) is 20.6 Å². The Hall–Kier alpha value is -0.120. The van der Waals surface area contributed by atoms with Gasteiger partial charge in [-0.1, -0.05) is 0 Å². The molecular weight excluding hydrogens is 186 g/mol. The minimum Gasteiger partial charge on any atom is -0.303 e. The van der Waals surface area contributed by atoms with Crippen LogP contribution < -0.4 is 5.32 Å². The van der Waals surface area contributed by atoms with Crippen LogP contribution in [0.4, 0.5) is 0 Å². The summed E-state index contributed by atoms with van der Waals surface area (Å²) in [5.74, 6) is 0. The zero-order valence-corrected chi connectivity index (χ0v) is 9.83. The van der Waals surface area contributed by atoms with Gasteiger partial charge in [0.2, 0.25) is 0 Å². The summed E-state index contributed by atoms with van der Waals surface area (Å²) in [5, 5.41) is 4.45. The van der Waals surface area contributed by atoms with Crippen molar-refractivity contribution >= 4 is 0 Å². The first-order chi connectivity index (χ1) is 7.45. The molecule has 0 amide bonds. The van der Waals surface area contributed by atoms with Gasteiger partial charge in [-0.2, -0.15) is 0 Å². The van der Waals surface area contributed by atoms with Crippen LogP contribution >= 0.6 is 0 Å². The Morgan fingerprint density at radius 2 is 1.40 bits per heavy atom. The maximum absolute atomic E-state index is 4.45. The monoisotopic (exact) mass is 210 g/mol. The van der Waals surface area contributed by atoms with E-state index in [-0.39, 0.29) is 0 Å². The first-order valence-electron chi connectivity index (χ1n) is 6.53. The van der Waals surface area contributed by atoms with Crippen molar-refractivity contribution in [1.29, 1.82) is 0 Å². The molecule has 15 heavy (non-hydrogen) atoms. The lowest BCUT2D eigenvalue weighted by Crippen LogP contribution is -2.31. The van der Waals surface area contributed by atoms with Gasteiger partial charge in [0.25, 0.3) is 0 Å². The minimum absolute atomic E-state index is 1.06. The van der Waals surface area contributed by atoms with Crippen LogP contribution in [0.15, 0.2) is 0 Å². The average molecular weight is 210 g/mol. The Labute approximate surface area is 93.8 Å². The molecule has 0 aromatic rings. The van der Waals surface area contributed by atoms with Crippen molar-refractivity contribution in [3.05, 3.63) is 0 Å². The molecule has 2 aliphatic heterocycles. The second-order valence-corrected chi connectivity index (χ2v) is 4.77. The van der Waals surface area contributed by atoms with Crippen LogP contribution in [-0.2, 0) is 0 Å². The van der Waals surface area contributed by atoms with E-state index in [1.54, 1.807) is 0 Å². The third-order valence-electron chi connectivity index (χ3n) is 3.51. The maximum Gasteiger partial charge on any atom is 0.0261 e. The van der Waals surface area contributed by atoms with Crippen molar-refractivity contribution in [1.82, 2.24) is 15.1 Å². The Kier molecular flexibility index (Phi) is 4.90. The average Bonchev–Trinajstić information content (AvgIpc) is 2.62. The van der Waals surface area contributed by atoms with E-state index >= 15 is 0 Å². The molecule has 0 unspecified atom stereocenters. The summed E-state index contributed by atoms with van der Waals surface area (Å²) in [6.45, 7) is 9.89. The van der Waals surface area contributed by atoms with E-state index in [9.17, 15) is 0 Å². The van der Waals surface area contributed by atoms with Crippen LogP contribution in [0.1, 0.15) is 25.7 Å². The van der Waals surface area contributed by atoms with Gasteiger partial charge in [0.05, 0.1) is 0 Å². The molecule has 2 saturated heterocycles. The third kappa shape index (κ3) is 4.09. The summed E-state index contributed by atoms with van der Waals surface area (Å²) in [7, 11) is 0. The zero-order valence-electron chi connectivity index (χ0n) is 9.83. The molecule has 0 aromatic carbocycles. The molecule has 3 heteroatoms. The highest BCUT2D eigenvalue weighted by Crippen LogP contribution is 2.08. The standard InChI is InChI=1S/C12H24N3/c1-2-8-14(7-1)10-4-11-15-9-3-5-13-6-12-15/h1-12H2. The van der Waals surface area contributed by atoms with Gasteiger partial charge in [-0.3, -0.25) is 0 Å². The first kappa shape index (κ1) is 11.4. The second kappa shape index (κ2) is 6.46. The van der Waals surface area contributed by atoms with Crippen molar-refractivity contribution in [2.45, 2.75) is 25.7 Å². The van der Waals surface area contributed by atoms with Gasteiger partial charge >= 0.3 is 0 Å². The van der Waals surface area contributed by atoms with Crippen molar-refractivity contribution in [2.75, 3.05) is 52.4 Å². The quantitative estimate of drug-likeness (QED) is 0.683. The normalized spacial score (nSPS) is 25.6. The van der Waals surface area contributed by atoms with E-state index in [1.807, 2.05) is 0 Å². The fourth-order valence-corrected chi connectivity index (χ4v) is 2.59. The Balaban J connectivity index is 1.55. The van der Waals surface area contributed by atoms with Crippen molar-refractivity contribution in [3.8, 4) is 0 Å². The lowest BCUT2D eigenvalue weighted by Gasteiger charge is -2.21. The molecule has 0 atom stereocenters. The van der Waals surface area contributed by atoms with Gasteiger partial charge in [0.1, 0.15) is 0 Å². The summed E-state index contributed by atoms with van der Waals surface area (Å²) in [4.78, 5) is 5.20. The Morgan fingerprint density at radius 1 is 0.733 bits per heavy atom. The summed E-state index contributed by atoms with van der Waals surface area (Å²) in [5.41, 5.74) is 0. The van der Waals surface area contributed by atoms with E-state index in [0.717, 1.165) is 13.1 Å². The molecule has 2 fully saturated rings. The van der Waals surface area contributed by atoms with Gasteiger partial charge in [-0.25, -0.2) is 5.32 Å². The van der Waals surface area contributed by atoms with Gasteiger partial charge in [-0.05, 0) is 58.4 Å². The van der Waals surface area contributed by atoms with Crippen LogP contribution in [-0.4, -0.2) is 62.2 Å². The molecule has 2 heterocycles. The van der Waals surface area contributed by atoms with E-state index in [4.69, 9.17) is 0 Å². The Morgan fingerprint density at radius 3 is 2.20 bits per heavy atom. The predicted octanol–water partition coefficient (Wildman–Crippen LogP) is 0.782. The molecule has 0 bridgehead atoms. The largest absolute Gasteiger partial charge is 0.303 e. The SMILES string of the molecule is C1CCN(CCCN2CCC[N]CC2)C1. The van der Waals surface area contributed by atoms with Crippen LogP contribution in [0.5, 0.6) is 0 Å². The molecule has 0 aromatic heterocycles. The number of hydrogen-bond donors (Lipinski definition) is 0. The molecule has 0 spiro atoms. The first-order valence-corrected chi connectivity index (χ1v) is 6.53. The van der Waals surface area contributed by atoms with Gasteiger partial charge in [0.15, 0.2) is 0 Å². The highest BCUT2D eigenvalue weighted by molar-refractivity contribution is 4.69. The van der Waals surface area contributed by atoms with Crippen LogP contribution in [0.3, 0.4) is 0 Å². The predicted molar refractivity (Wildman–Crippen MR) is 63.2 cm³/mol. The summed E-state index contributed by atoms with van der Waals surface area (Å²) < 4.78 is 0. The molecule has 1 radical (unpaired) electrons. The van der Waals surface area contributed by atoms with Gasteiger partial charge < -0.3 is 9.80 Å². The molecular formula is C12H24N3. The number of likely N-dealkylation sites (tertiary alicyclic amines) is 1. The number of nitrogens with zero attached hydrogens (tertiary/aromatic N) is 3. The highest BCUT2D eigenvalue weighted by atomic mass is 15.2. The molecule has 0 N–H and O–H groups in total. The lowest BCUT2D eigenvalue weighted by atomic mass is 10.3. The van der Waals surface area contributed by atoms with Crippen molar-refractivity contribution in [2.24, 2.45) is 0 Å². The molecule has 2 rings (SSSR count). The minimum atomic E-state index is 1.06. The summed E-state index contributed by atoms with van der Waals surface area (Å²) >= 11 is 0. The summed E-state index contributed by atoms with van der Waals surface area (Å²) in [6.07, 6.45) is 5.45.